The second-order valence-corrected chi connectivity index (χ2v) is 5.34. The molecule has 0 aromatic heterocycles. The molecule has 1 N–H and O–H groups in total. The second-order valence-electron chi connectivity index (χ2n) is 5.34. The summed E-state index contributed by atoms with van der Waals surface area (Å²) in [6.07, 6.45) is 2.41. The lowest BCUT2D eigenvalue weighted by atomic mass is 10.0. The molecule has 0 amide bonds. The molecule has 0 fully saturated rings. The van der Waals surface area contributed by atoms with Crippen molar-refractivity contribution in [3.05, 3.63) is 42.0 Å². The van der Waals surface area contributed by atoms with Crippen molar-refractivity contribution in [3.63, 3.8) is 0 Å². The number of unbranched alkanes of at least 4 members (excludes halogenated alkanes) is 1. The zero-order valence-electron chi connectivity index (χ0n) is 13.7. The highest BCUT2D eigenvalue weighted by atomic mass is 16.5. The third kappa shape index (κ3) is 4.72. The van der Waals surface area contributed by atoms with Crippen molar-refractivity contribution in [2.24, 2.45) is 0 Å². The van der Waals surface area contributed by atoms with Crippen molar-refractivity contribution in [2.75, 3.05) is 26.4 Å². The smallest absolute Gasteiger partial charge is 0.124 e. The maximum atomic E-state index is 5.94. The van der Waals surface area contributed by atoms with Crippen LogP contribution in [0.5, 0.6) is 5.75 Å². The first-order valence-corrected chi connectivity index (χ1v) is 8.28. The molecule has 0 aliphatic rings. The number of benzene rings is 2. The lowest BCUT2D eigenvalue weighted by molar-refractivity contribution is 0.110. The minimum atomic E-state index is 0.591. The van der Waals surface area contributed by atoms with E-state index in [2.05, 4.69) is 48.6 Å². The Morgan fingerprint density at radius 3 is 2.68 bits per heavy atom. The van der Waals surface area contributed by atoms with E-state index in [0.717, 1.165) is 25.4 Å². The van der Waals surface area contributed by atoms with E-state index < -0.39 is 0 Å². The summed E-state index contributed by atoms with van der Waals surface area (Å²) in [6, 6.07) is 12.7. The summed E-state index contributed by atoms with van der Waals surface area (Å²) in [5, 5.41) is 6.05. The van der Waals surface area contributed by atoms with Crippen molar-refractivity contribution >= 4 is 10.8 Å². The summed E-state index contributed by atoms with van der Waals surface area (Å²) in [5.74, 6) is 0.961. The fourth-order valence-electron chi connectivity index (χ4n) is 2.50. The Morgan fingerprint density at radius 2 is 1.86 bits per heavy atom. The van der Waals surface area contributed by atoms with Crippen LogP contribution in [0, 0.1) is 0 Å². The summed E-state index contributed by atoms with van der Waals surface area (Å²) in [5.41, 5.74) is 1.24. The number of rotatable bonds is 10. The van der Waals surface area contributed by atoms with Crippen LogP contribution < -0.4 is 10.1 Å². The molecule has 22 heavy (non-hydrogen) atoms. The average Bonchev–Trinajstić information content (AvgIpc) is 2.56. The van der Waals surface area contributed by atoms with Crippen LogP contribution in [0.4, 0.5) is 0 Å². The number of hydrogen-bond acceptors (Lipinski definition) is 3. The van der Waals surface area contributed by atoms with Crippen molar-refractivity contribution in [3.8, 4) is 5.75 Å². The third-order valence-corrected chi connectivity index (χ3v) is 3.70. The predicted molar refractivity (Wildman–Crippen MR) is 92.6 cm³/mol. The van der Waals surface area contributed by atoms with Crippen LogP contribution in [0.25, 0.3) is 10.8 Å². The highest BCUT2D eigenvalue weighted by molar-refractivity contribution is 5.87. The Hall–Kier alpha value is -1.58. The van der Waals surface area contributed by atoms with Gasteiger partial charge in [0.25, 0.3) is 0 Å². The fourth-order valence-corrected chi connectivity index (χ4v) is 2.50. The summed E-state index contributed by atoms with van der Waals surface area (Å²) < 4.78 is 11.3. The second kappa shape index (κ2) is 9.44. The monoisotopic (exact) mass is 301 g/mol. The van der Waals surface area contributed by atoms with E-state index in [-0.39, 0.29) is 0 Å². The first-order valence-electron chi connectivity index (χ1n) is 8.28. The van der Waals surface area contributed by atoms with Gasteiger partial charge in [0.15, 0.2) is 0 Å². The molecule has 0 radical (unpaired) electrons. The molecule has 0 unspecified atom stereocenters. The topological polar surface area (TPSA) is 30.5 Å². The van der Waals surface area contributed by atoms with Gasteiger partial charge in [0.05, 0.1) is 6.61 Å². The highest BCUT2D eigenvalue weighted by Crippen LogP contribution is 2.28. The molecule has 0 bridgehead atoms. The van der Waals surface area contributed by atoms with Gasteiger partial charge in [0.1, 0.15) is 12.4 Å². The van der Waals surface area contributed by atoms with Gasteiger partial charge in [-0.3, -0.25) is 0 Å². The molecule has 120 valence electrons. The largest absolute Gasteiger partial charge is 0.491 e. The van der Waals surface area contributed by atoms with E-state index in [9.17, 15) is 0 Å². The minimum absolute atomic E-state index is 0.591. The third-order valence-electron chi connectivity index (χ3n) is 3.70. The SMILES string of the molecule is CCCCNCc1c(OCCOCC)ccc2ccccc12. The van der Waals surface area contributed by atoms with Gasteiger partial charge in [0.2, 0.25) is 0 Å². The zero-order chi connectivity index (χ0) is 15.6. The van der Waals surface area contributed by atoms with Gasteiger partial charge in [-0.05, 0) is 36.7 Å². The molecule has 0 saturated carbocycles. The Labute approximate surface area is 133 Å². The Balaban J connectivity index is 2.13. The summed E-state index contributed by atoms with van der Waals surface area (Å²) in [4.78, 5) is 0. The normalized spacial score (nSPS) is 11.0. The van der Waals surface area contributed by atoms with Gasteiger partial charge < -0.3 is 14.8 Å². The quantitative estimate of drug-likeness (QED) is 0.669. The van der Waals surface area contributed by atoms with Crippen molar-refractivity contribution in [1.29, 1.82) is 0 Å². The lowest BCUT2D eigenvalue weighted by Crippen LogP contribution is -2.16. The molecule has 2 aromatic carbocycles. The van der Waals surface area contributed by atoms with Gasteiger partial charge in [-0.15, -0.1) is 0 Å². The van der Waals surface area contributed by atoms with Crippen LogP contribution in [-0.4, -0.2) is 26.4 Å². The number of nitrogens with one attached hydrogen (secondary N) is 1. The molecule has 0 spiro atoms. The number of hydrogen-bond donors (Lipinski definition) is 1. The van der Waals surface area contributed by atoms with E-state index in [4.69, 9.17) is 9.47 Å². The fraction of sp³-hybridized carbons (Fsp3) is 0.474. The molecule has 0 aliphatic heterocycles. The van der Waals surface area contributed by atoms with E-state index in [0.29, 0.717) is 13.2 Å². The molecule has 2 rings (SSSR count). The molecule has 3 nitrogen and oxygen atoms in total. The Bertz CT molecular complexity index is 568. The van der Waals surface area contributed by atoms with Gasteiger partial charge >= 0.3 is 0 Å². The Kier molecular flexibility index (Phi) is 7.20. The van der Waals surface area contributed by atoms with Crippen LogP contribution in [-0.2, 0) is 11.3 Å². The average molecular weight is 301 g/mol. The molecule has 0 heterocycles. The van der Waals surface area contributed by atoms with Crippen LogP contribution in [0.1, 0.15) is 32.3 Å². The number of ether oxygens (including phenoxy) is 2. The van der Waals surface area contributed by atoms with Crippen LogP contribution in [0.3, 0.4) is 0 Å². The van der Waals surface area contributed by atoms with Crippen LogP contribution >= 0.6 is 0 Å². The van der Waals surface area contributed by atoms with Crippen LogP contribution in [0.15, 0.2) is 36.4 Å². The van der Waals surface area contributed by atoms with Crippen molar-refractivity contribution < 1.29 is 9.47 Å². The Morgan fingerprint density at radius 1 is 1.00 bits per heavy atom. The van der Waals surface area contributed by atoms with Gasteiger partial charge in [-0.2, -0.15) is 0 Å². The molecule has 0 aliphatic carbocycles. The van der Waals surface area contributed by atoms with Crippen molar-refractivity contribution in [2.45, 2.75) is 33.2 Å². The van der Waals surface area contributed by atoms with E-state index in [1.807, 2.05) is 6.92 Å². The highest BCUT2D eigenvalue weighted by Gasteiger charge is 2.08. The maximum Gasteiger partial charge on any atom is 0.124 e. The molecular formula is C19H27NO2. The standard InChI is InChI=1S/C19H27NO2/c1-3-5-12-20-15-18-17-9-7-6-8-16(17)10-11-19(18)22-14-13-21-4-2/h6-11,20H,3-5,12-15H2,1-2H3. The lowest BCUT2D eigenvalue weighted by Gasteiger charge is -2.15. The van der Waals surface area contributed by atoms with Gasteiger partial charge in [-0.25, -0.2) is 0 Å². The van der Waals surface area contributed by atoms with E-state index in [1.165, 1.54) is 29.2 Å². The predicted octanol–water partition coefficient (Wildman–Crippen LogP) is 4.14. The van der Waals surface area contributed by atoms with E-state index >= 15 is 0 Å². The van der Waals surface area contributed by atoms with Crippen molar-refractivity contribution in [1.82, 2.24) is 5.32 Å². The van der Waals surface area contributed by atoms with Gasteiger partial charge in [0, 0.05) is 18.7 Å². The van der Waals surface area contributed by atoms with Crippen LogP contribution in [0.2, 0.25) is 0 Å². The summed E-state index contributed by atoms with van der Waals surface area (Å²) >= 11 is 0. The summed E-state index contributed by atoms with van der Waals surface area (Å²) in [7, 11) is 0. The first-order chi connectivity index (χ1) is 10.9. The first kappa shape index (κ1) is 16.8. The molecule has 2 aromatic rings. The maximum absolute atomic E-state index is 5.94. The van der Waals surface area contributed by atoms with E-state index in [1.54, 1.807) is 0 Å². The summed E-state index contributed by atoms with van der Waals surface area (Å²) in [6.45, 7) is 8.04. The molecular weight excluding hydrogens is 274 g/mol. The zero-order valence-corrected chi connectivity index (χ0v) is 13.7. The molecule has 0 atom stereocenters. The molecule has 0 saturated heterocycles. The minimum Gasteiger partial charge on any atom is -0.491 e. The molecule has 3 heteroatoms. The van der Waals surface area contributed by atoms with Gasteiger partial charge in [-0.1, -0.05) is 43.7 Å². The number of fused-ring (bicyclic) bond motifs is 1.